The highest BCUT2D eigenvalue weighted by Gasteiger charge is 2.12. The number of benzene rings is 2. The first-order chi connectivity index (χ1) is 13.6. The van der Waals surface area contributed by atoms with Gasteiger partial charge in [-0.05, 0) is 24.3 Å². The second-order valence-electron chi connectivity index (χ2n) is 5.77. The number of carboxylic acid groups (broad SMARTS) is 1. The topological polar surface area (TPSA) is 97.8 Å². The van der Waals surface area contributed by atoms with E-state index >= 15 is 0 Å². The molecular weight excluding hydrogens is 396 g/mol. The molecule has 0 fully saturated rings. The van der Waals surface area contributed by atoms with Crippen LogP contribution in [0.4, 0.5) is 5.69 Å². The largest absolute Gasteiger partial charge is 0.496 e. The normalized spacial score (nSPS) is 9.83. The molecule has 150 valence electrons. The van der Waals surface area contributed by atoms with Crippen LogP contribution >= 0.6 is 12.4 Å². The van der Waals surface area contributed by atoms with Gasteiger partial charge in [0.15, 0.2) is 6.61 Å². The Morgan fingerprint density at radius 3 is 2.45 bits per heavy atom. The van der Waals surface area contributed by atoms with E-state index < -0.39 is 11.9 Å². The number of halogens is 1. The number of ether oxygens (including phenoxy) is 2. The van der Waals surface area contributed by atoms with Crippen LogP contribution in [0.5, 0.6) is 11.6 Å². The van der Waals surface area contributed by atoms with Crippen LogP contribution in [0.1, 0.15) is 10.4 Å². The maximum absolute atomic E-state index is 12.1. The number of pyridine rings is 1. The quantitative estimate of drug-likeness (QED) is 0.608. The van der Waals surface area contributed by atoms with Gasteiger partial charge in [-0.15, -0.1) is 12.4 Å². The molecular formula is C21H19ClN2O5. The Morgan fingerprint density at radius 1 is 1.03 bits per heavy atom. The molecule has 0 unspecified atom stereocenters. The highest BCUT2D eigenvalue weighted by Crippen LogP contribution is 2.29. The van der Waals surface area contributed by atoms with Crippen LogP contribution in [0.25, 0.3) is 11.1 Å². The van der Waals surface area contributed by atoms with Crippen molar-refractivity contribution in [2.24, 2.45) is 0 Å². The van der Waals surface area contributed by atoms with Crippen LogP contribution in [0.15, 0.2) is 66.9 Å². The van der Waals surface area contributed by atoms with Gasteiger partial charge < -0.3 is 19.9 Å². The fourth-order valence-electron chi connectivity index (χ4n) is 2.61. The zero-order valence-electron chi connectivity index (χ0n) is 15.5. The van der Waals surface area contributed by atoms with Gasteiger partial charge in [0.1, 0.15) is 5.75 Å². The van der Waals surface area contributed by atoms with Crippen molar-refractivity contribution in [3.63, 3.8) is 0 Å². The maximum Gasteiger partial charge on any atom is 0.337 e. The predicted octanol–water partition coefficient (Wildman–Crippen LogP) is 3.89. The number of nitrogens with one attached hydrogen (secondary N) is 1. The zero-order valence-corrected chi connectivity index (χ0v) is 16.3. The van der Waals surface area contributed by atoms with Crippen molar-refractivity contribution in [3.8, 4) is 22.8 Å². The number of para-hydroxylation sites is 2. The first-order valence-electron chi connectivity index (χ1n) is 8.43. The van der Waals surface area contributed by atoms with E-state index in [2.05, 4.69) is 10.3 Å². The average molecular weight is 415 g/mol. The van der Waals surface area contributed by atoms with Crippen molar-refractivity contribution in [1.82, 2.24) is 4.98 Å². The van der Waals surface area contributed by atoms with Crippen molar-refractivity contribution >= 4 is 30.0 Å². The number of methoxy groups -OCH3 is 1. The molecule has 0 aliphatic heterocycles. The van der Waals surface area contributed by atoms with Crippen LogP contribution < -0.4 is 14.8 Å². The number of nitrogens with zero attached hydrogens (tertiary/aromatic N) is 1. The number of carbonyl (C=O) groups excluding carboxylic acids is 1. The van der Waals surface area contributed by atoms with Crippen LogP contribution in [0.3, 0.4) is 0 Å². The van der Waals surface area contributed by atoms with Gasteiger partial charge in [-0.25, -0.2) is 9.78 Å². The van der Waals surface area contributed by atoms with E-state index in [1.807, 2.05) is 30.3 Å². The third kappa shape index (κ3) is 5.46. The second-order valence-corrected chi connectivity index (χ2v) is 5.77. The summed E-state index contributed by atoms with van der Waals surface area (Å²) in [6.45, 7) is -0.297. The average Bonchev–Trinajstić information content (AvgIpc) is 2.73. The van der Waals surface area contributed by atoms with E-state index in [-0.39, 0.29) is 36.1 Å². The first kappa shape index (κ1) is 21.7. The van der Waals surface area contributed by atoms with E-state index in [0.29, 0.717) is 0 Å². The number of hydrogen-bond donors (Lipinski definition) is 2. The Labute approximate surface area is 173 Å². The van der Waals surface area contributed by atoms with E-state index in [1.165, 1.54) is 12.1 Å². The third-order valence-electron chi connectivity index (χ3n) is 3.94. The molecule has 0 saturated carbocycles. The summed E-state index contributed by atoms with van der Waals surface area (Å²) in [6, 6.07) is 17.2. The summed E-state index contributed by atoms with van der Waals surface area (Å²) in [5, 5.41) is 11.7. The highest BCUT2D eigenvalue weighted by molar-refractivity contribution is 6.00. The summed E-state index contributed by atoms with van der Waals surface area (Å²) in [5.41, 5.74) is 1.97. The number of carbonyl (C=O) groups is 2. The minimum Gasteiger partial charge on any atom is -0.496 e. The fraction of sp³-hybridized carbons (Fsp3) is 0.0952. The lowest BCUT2D eigenvalue weighted by Gasteiger charge is -2.10. The summed E-state index contributed by atoms with van der Waals surface area (Å²) >= 11 is 0. The lowest BCUT2D eigenvalue weighted by Crippen LogP contribution is -2.21. The highest BCUT2D eigenvalue weighted by atomic mass is 35.5. The van der Waals surface area contributed by atoms with Gasteiger partial charge in [-0.2, -0.15) is 0 Å². The Morgan fingerprint density at radius 2 is 1.76 bits per heavy atom. The Balaban J connectivity index is 0.00000300. The molecule has 3 rings (SSSR count). The van der Waals surface area contributed by atoms with Crippen LogP contribution in [0.2, 0.25) is 0 Å². The fourth-order valence-corrected chi connectivity index (χ4v) is 2.61. The van der Waals surface area contributed by atoms with Crippen LogP contribution in [-0.4, -0.2) is 35.7 Å². The Bertz CT molecular complexity index is 992. The van der Waals surface area contributed by atoms with Crippen molar-refractivity contribution in [2.75, 3.05) is 19.0 Å². The molecule has 0 radical (unpaired) electrons. The van der Waals surface area contributed by atoms with Gasteiger partial charge in [-0.1, -0.05) is 30.3 Å². The molecule has 3 aromatic rings. The van der Waals surface area contributed by atoms with Gasteiger partial charge in [0.25, 0.3) is 5.91 Å². The predicted molar refractivity (Wildman–Crippen MR) is 111 cm³/mol. The molecule has 0 bridgehead atoms. The number of carboxylic acids is 1. The monoisotopic (exact) mass is 414 g/mol. The van der Waals surface area contributed by atoms with Gasteiger partial charge in [0.2, 0.25) is 5.88 Å². The van der Waals surface area contributed by atoms with Gasteiger partial charge >= 0.3 is 5.97 Å². The standard InChI is InChI=1S/C21H18N2O5.ClH/c1-27-18-9-5-3-6-15(18)14-10-11-20(22-12-14)28-13-19(24)23-17-8-4-2-7-16(17)21(25)26;/h2-12H,13H2,1H3,(H,23,24)(H,25,26);1H. The molecule has 2 N–H and O–H groups in total. The van der Waals surface area contributed by atoms with Crippen molar-refractivity contribution in [2.45, 2.75) is 0 Å². The molecule has 7 nitrogen and oxygen atoms in total. The SMILES string of the molecule is COc1ccccc1-c1ccc(OCC(=O)Nc2ccccc2C(=O)O)nc1.Cl. The smallest absolute Gasteiger partial charge is 0.337 e. The lowest BCUT2D eigenvalue weighted by molar-refractivity contribution is -0.118. The number of rotatable bonds is 7. The number of hydrogen-bond acceptors (Lipinski definition) is 5. The maximum atomic E-state index is 12.1. The lowest BCUT2D eigenvalue weighted by atomic mass is 10.1. The van der Waals surface area contributed by atoms with Crippen LogP contribution in [-0.2, 0) is 4.79 Å². The molecule has 8 heteroatoms. The zero-order chi connectivity index (χ0) is 19.9. The van der Waals surface area contributed by atoms with Gasteiger partial charge in [-0.3, -0.25) is 4.79 Å². The molecule has 0 aliphatic rings. The summed E-state index contributed by atoms with van der Waals surface area (Å²) in [7, 11) is 1.60. The molecule has 1 aromatic heterocycles. The van der Waals surface area contributed by atoms with Crippen LogP contribution in [0, 0.1) is 0 Å². The van der Waals surface area contributed by atoms with Gasteiger partial charge in [0.05, 0.1) is 18.4 Å². The summed E-state index contributed by atoms with van der Waals surface area (Å²) in [6.07, 6.45) is 1.63. The van der Waals surface area contributed by atoms with Crippen molar-refractivity contribution in [3.05, 3.63) is 72.4 Å². The number of aromatic carboxylic acids is 1. The number of aromatic nitrogens is 1. The third-order valence-corrected chi connectivity index (χ3v) is 3.94. The summed E-state index contributed by atoms with van der Waals surface area (Å²) < 4.78 is 10.7. The Hall–Kier alpha value is -3.58. The van der Waals surface area contributed by atoms with Crippen molar-refractivity contribution < 1.29 is 24.2 Å². The van der Waals surface area contributed by atoms with E-state index in [0.717, 1.165) is 16.9 Å². The molecule has 2 aromatic carbocycles. The first-order valence-corrected chi connectivity index (χ1v) is 8.43. The molecule has 1 amide bonds. The number of amides is 1. The van der Waals surface area contributed by atoms with Gasteiger partial charge in [0, 0.05) is 23.4 Å². The number of anilines is 1. The molecule has 0 aliphatic carbocycles. The van der Waals surface area contributed by atoms with E-state index in [9.17, 15) is 9.59 Å². The molecule has 0 saturated heterocycles. The Kier molecular flexibility index (Phi) is 7.56. The summed E-state index contributed by atoms with van der Waals surface area (Å²) in [5.74, 6) is -0.593. The summed E-state index contributed by atoms with van der Waals surface area (Å²) in [4.78, 5) is 27.4. The molecule has 29 heavy (non-hydrogen) atoms. The second kappa shape index (κ2) is 10.1. The minimum atomic E-state index is -1.12. The molecule has 0 atom stereocenters. The van der Waals surface area contributed by atoms with Crippen molar-refractivity contribution in [1.29, 1.82) is 0 Å². The van der Waals surface area contributed by atoms with E-state index in [4.69, 9.17) is 14.6 Å². The van der Waals surface area contributed by atoms with E-state index in [1.54, 1.807) is 31.5 Å². The molecule has 0 spiro atoms. The molecule has 1 heterocycles. The minimum absolute atomic E-state index is 0.